The van der Waals surface area contributed by atoms with Gasteiger partial charge in [-0.15, -0.1) is 12.4 Å². The molecule has 0 aromatic carbocycles. The summed E-state index contributed by atoms with van der Waals surface area (Å²) in [7, 11) is 0. The van der Waals surface area contributed by atoms with Gasteiger partial charge in [0.05, 0.1) is 6.61 Å². The van der Waals surface area contributed by atoms with Crippen LogP contribution in [-0.2, 0) is 38.2 Å². The lowest BCUT2D eigenvalue weighted by molar-refractivity contribution is -0.188. The highest BCUT2D eigenvalue weighted by Gasteiger charge is 2.41. The zero-order chi connectivity index (χ0) is 18.9. The van der Waals surface area contributed by atoms with Gasteiger partial charge in [-0.1, -0.05) is 0 Å². The van der Waals surface area contributed by atoms with Crippen LogP contribution < -0.4 is 5.32 Å². The Kier molecular flexibility index (Phi) is 12.2. The summed E-state index contributed by atoms with van der Waals surface area (Å²) < 4.78 is 14.8. The van der Waals surface area contributed by atoms with E-state index in [4.69, 9.17) is 14.2 Å². The lowest BCUT2D eigenvalue weighted by atomic mass is 10.0. The molecule has 0 aliphatic rings. The quantitative estimate of drug-likeness (QED) is 0.287. The van der Waals surface area contributed by atoms with Crippen LogP contribution in [0.3, 0.4) is 0 Å². The Bertz CT molecular complexity index is 497. The zero-order valence-corrected chi connectivity index (χ0v) is 15.0. The Morgan fingerprint density at radius 3 is 1.68 bits per heavy atom. The number of esters is 3. The minimum Gasteiger partial charge on any atom is -0.456 e. The van der Waals surface area contributed by atoms with Crippen molar-refractivity contribution >= 4 is 42.5 Å². The highest BCUT2D eigenvalue weighted by atomic mass is 35.5. The molecule has 0 aliphatic carbocycles. The largest absolute Gasteiger partial charge is 0.456 e. The fraction of sp³-hybridized carbons (Fsp3) is 0.643. The van der Waals surface area contributed by atoms with Gasteiger partial charge in [-0.25, -0.2) is 0 Å². The molecule has 0 unspecified atom stereocenters. The molecule has 0 bridgehead atoms. The van der Waals surface area contributed by atoms with E-state index in [1.54, 1.807) is 0 Å². The van der Waals surface area contributed by atoms with Gasteiger partial charge in [0, 0.05) is 27.7 Å². The van der Waals surface area contributed by atoms with Crippen LogP contribution in [-0.4, -0.2) is 66.2 Å². The van der Waals surface area contributed by atoms with Crippen molar-refractivity contribution in [2.24, 2.45) is 0 Å². The molecule has 0 aromatic heterocycles. The Morgan fingerprint density at radius 1 is 0.920 bits per heavy atom. The van der Waals surface area contributed by atoms with Crippen LogP contribution in [0.4, 0.5) is 0 Å². The number of halogens is 1. The van der Waals surface area contributed by atoms with Gasteiger partial charge in [0.25, 0.3) is 0 Å². The number of carbonyl (C=O) groups excluding carboxylic acids is 5. The van der Waals surface area contributed by atoms with E-state index in [1.165, 1.54) is 0 Å². The predicted molar refractivity (Wildman–Crippen MR) is 84.7 cm³/mol. The summed E-state index contributed by atoms with van der Waals surface area (Å²) in [5, 5.41) is 11.6. The smallest absolute Gasteiger partial charge is 0.303 e. The van der Waals surface area contributed by atoms with E-state index in [0.717, 1.165) is 27.7 Å². The number of hydrogen-bond donors (Lipinski definition) is 2. The minimum absolute atomic E-state index is 0. The van der Waals surface area contributed by atoms with E-state index in [0.29, 0.717) is 0 Å². The van der Waals surface area contributed by atoms with Crippen molar-refractivity contribution in [3.8, 4) is 0 Å². The molecule has 1 amide bonds. The van der Waals surface area contributed by atoms with E-state index >= 15 is 0 Å². The summed E-state index contributed by atoms with van der Waals surface area (Å²) in [5.41, 5.74) is 0. The first kappa shape index (κ1) is 25.0. The summed E-state index contributed by atoms with van der Waals surface area (Å²) >= 11 is 0. The average Bonchev–Trinajstić information content (AvgIpc) is 2.45. The molecule has 25 heavy (non-hydrogen) atoms. The Balaban J connectivity index is 0. The van der Waals surface area contributed by atoms with Gasteiger partial charge < -0.3 is 29.4 Å². The third-order valence-corrected chi connectivity index (χ3v) is 2.66. The molecular formula is C14H22ClNO9. The molecule has 0 heterocycles. The van der Waals surface area contributed by atoms with Crippen molar-refractivity contribution in [3.05, 3.63) is 0 Å². The summed E-state index contributed by atoms with van der Waals surface area (Å²) in [6.45, 7) is 3.47. The Morgan fingerprint density at radius 2 is 1.36 bits per heavy atom. The molecule has 4 atom stereocenters. The van der Waals surface area contributed by atoms with Crippen molar-refractivity contribution in [2.45, 2.75) is 52.0 Å². The third-order valence-electron chi connectivity index (χ3n) is 2.66. The maximum absolute atomic E-state index is 11.3. The monoisotopic (exact) mass is 383 g/mol. The third kappa shape index (κ3) is 9.62. The fourth-order valence-electron chi connectivity index (χ4n) is 1.93. The van der Waals surface area contributed by atoms with Gasteiger partial charge in [0.2, 0.25) is 5.91 Å². The van der Waals surface area contributed by atoms with E-state index in [-0.39, 0.29) is 18.7 Å². The van der Waals surface area contributed by atoms with Gasteiger partial charge >= 0.3 is 17.9 Å². The summed E-state index contributed by atoms with van der Waals surface area (Å²) in [5.74, 6) is -3.09. The van der Waals surface area contributed by atoms with Crippen LogP contribution in [0.5, 0.6) is 0 Å². The standard InChI is InChI=1S/C14H21NO9.ClH/c1-7(18)15-11(5-16)13(23-9(3)20)14(24-10(4)21)12(6-17)22-8(2)19;/h5,11-14,17H,6H2,1-4H3,(H,15,18);1H/t11-,12+,13+,14+;/m0./s1. The number of ether oxygens (including phenoxy) is 3. The van der Waals surface area contributed by atoms with Crippen LogP contribution >= 0.6 is 12.4 Å². The Labute approximate surface area is 150 Å². The number of aliphatic hydroxyl groups is 1. The number of amides is 1. The van der Waals surface area contributed by atoms with E-state index in [2.05, 4.69) is 5.32 Å². The number of aldehydes is 1. The molecule has 11 heteroatoms. The molecule has 2 N–H and O–H groups in total. The maximum Gasteiger partial charge on any atom is 0.303 e. The molecule has 0 spiro atoms. The normalized spacial score (nSPS) is 14.6. The van der Waals surface area contributed by atoms with Gasteiger partial charge in [0.1, 0.15) is 12.3 Å². The van der Waals surface area contributed by atoms with Crippen LogP contribution in [0.1, 0.15) is 27.7 Å². The van der Waals surface area contributed by atoms with Crippen molar-refractivity contribution in [3.63, 3.8) is 0 Å². The van der Waals surface area contributed by atoms with Gasteiger partial charge in [-0.3, -0.25) is 19.2 Å². The number of carbonyl (C=O) groups is 5. The molecule has 0 aromatic rings. The second-order valence-corrected chi connectivity index (χ2v) is 4.84. The van der Waals surface area contributed by atoms with Gasteiger partial charge in [-0.2, -0.15) is 0 Å². The lowest BCUT2D eigenvalue weighted by Gasteiger charge is -2.33. The highest BCUT2D eigenvalue weighted by molar-refractivity contribution is 5.85. The first-order valence-corrected chi connectivity index (χ1v) is 6.97. The first-order valence-electron chi connectivity index (χ1n) is 6.97. The predicted octanol–water partition coefficient (Wildman–Crippen LogP) is -1.10. The molecule has 0 radical (unpaired) electrons. The highest BCUT2D eigenvalue weighted by Crippen LogP contribution is 2.16. The SMILES string of the molecule is CC(=O)N[C@@H](C=O)[C@@H](OC(C)=O)[C@H](OC(C)=O)[C@@H](CO)OC(C)=O.Cl. The first-order chi connectivity index (χ1) is 11.1. The minimum atomic E-state index is -1.51. The zero-order valence-electron chi connectivity index (χ0n) is 14.2. The van der Waals surface area contributed by atoms with Crippen molar-refractivity contribution < 1.29 is 43.3 Å². The van der Waals surface area contributed by atoms with E-state index in [1.807, 2.05) is 0 Å². The van der Waals surface area contributed by atoms with Crippen molar-refractivity contribution in [1.29, 1.82) is 0 Å². The summed E-state index contributed by atoms with van der Waals surface area (Å²) in [6.07, 6.45) is -4.16. The van der Waals surface area contributed by atoms with E-state index in [9.17, 15) is 29.1 Å². The molecule has 0 aliphatic heterocycles. The van der Waals surface area contributed by atoms with Gasteiger partial charge in [0.15, 0.2) is 18.3 Å². The number of hydrogen-bond acceptors (Lipinski definition) is 9. The van der Waals surface area contributed by atoms with Crippen molar-refractivity contribution in [1.82, 2.24) is 5.32 Å². The van der Waals surface area contributed by atoms with Gasteiger partial charge in [-0.05, 0) is 0 Å². The number of aliphatic hydroxyl groups excluding tert-OH is 1. The molecule has 0 saturated heterocycles. The van der Waals surface area contributed by atoms with Crippen LogP contribution in [0.2, 0.25) is 0 Å². The maximum atomic E-state index is 11.3. The second-order valence-electron chi connectivity index (χ2n) is 4.84. The van der Waals surface area contributed by atoms with E-state index < -0.39 is 54.8 Å². The topological polar surface area (TPSA) is 145 Å². The molecule has 0 rings (SSSR count). The Hall–Kier alpha value is -2.20. The molecule has 0 fully saturated rings. The molecular weight excluding hydrogens is 362 g/mol. The summed E-state index contributed by atoms with van der Waals surface area (Å²) in [6, 6.07) is -1.39. The lowest BCUT2D eigenvalue weighted by Crippen LogP contribution is -2.57. The summed E-state index contributed by atoms with van der Waals surface area (Å²) in [4.78, 5) is 56.3. The van der Waals surface area contributed by atoms with Crippen LogP contribution in [0, 0.1) is 0 Å². The fourth-order valence-corrected chi connectivity index (χ4v) is 1.93. The van der Waals surface area contributed by atoms with Crippen LogP contribution in [0.15, 0.2) is 0 Å². The van der Waals surface area contributed by atoms with Crippen molar-refractivity contribution in [2.75, 3.05) is 6.61 Å². The molecule has 10 nitrogen and oxygen atoms in total. The molecule has 144 valence electrons. The second kappa shape index (κ2) is 12.2. The molecule has 0 saturated carbocycles. The average molecular weight is 384 g/mol. The number of nitrogens with one attached hydrogen (secondary N) is 1. The van der Waals surface area contributed by atoms with Crippen LogP contribution in [0.25, 0.3) is 0 Å². The number of rotatable bonds is 9.